The summed E-state index contributed by atoms with van der Waals surface area (Å²) in [6.07, 6.45) is 0.388. The van der Waals surface area contributed by atoms with Gasteiger partial charge in [0.1, 0.15) is 5.75 Å². The van der Waals surface area contributed by atoms with Crippen LogP contribution in [0.5, 0.6) is 5.75 Å². The van der Waals surface area contributed by atoms with Crippen molar-refractivity contribution >= 4 is 11.9 Å². The van der Waals surface area contributed by atoms with Crippen LogP contribution < -0.4 is 4.74 Å². The average molecular weight is 327 g/mol. The van der Waals surface area contributed by atoms with Crippen LogP contribution in [0.3, 0.4) is 0 Å². The third-order valence-corrected chi connectivity index (χ3v) is 4.19. The normalized spacial score (nSPS) is 20.9. The summed E-state index contributed by atoms with van der Waals surface area (Å²) < 4.78 is 29.3. The first kappa shape index (κ1) is 17.2. The van der Waals surface area contributed by atoms with Crippen molar-refractivity contribution in [3.63, 3.8) is 0 Å². The monoisotopic (exact) mass is 327 g/mol. The fraction of sp³-hybridized carbons (Fsp3) is 0.500. The zero-order valence-corrected chi connectivity index (χ0v) is 13.2. The van der Waals surface area contributed by atoms with Gasteiger partial charge in [0, 0.05) is 18.7 Å². The van der Waals surface area contributed by atoms with Crippen LogP contribution >= 0.6 is 0 Å². The molecule has 1 unspecified atom stereocenters. The van der Waals surface area contributed by atoms with Crippen LogP contribution in [0.2, 0.25) is 0 Å². The second kappa shape index (κ2) is 6.14. The fourth-order valence-electron chi connectivity index (χ4n) is 2.84. The van der Waals surface area contributed by atoms with E-state index in [1.165, 1.54) is 17.0 Å². The van der Waals surface area contributed by atoms with E-state index < -0.39 is 18.0 Å². The van der Waals surface area contributed by atoms with Crippen LogP contribution in [0.1, 0.15) is 34.8 Å². The molecule has 0 aromatic heterocycles. The molecule has 2 rings (SSSR count). The Balaban J connectivity index is 2.23. The number of benzene rings is 1. The Bertz CT molecular complexity index is 624. The number of hydrogen-bond donors (Lipinski definition) is 1. The van der Waals surface area contributed by atoms with Gasteiger partial charge in [-0.3, -0.25) is 9.59 Å². The molecule has 23 heavy (non-hydrogen) atoms. The number of halogens is 2. The lowest BCUT2D eigenvalue weighted by molar-refractivity contribution is -0.147. The maximum atomic E-state index is 12.5. The molecule has 1 saturated heterocycles. The van der Waals surface area contributed by atoms with Crippen molar-refractivity contribution in [1.29, 1.82) is 0 Å². The summed E-state index contributed by atoms with van der Waals surface area (Å²) in [4.78, 5) is 25.3. The maximum absolute atomic E-state index is 12.5. The zero-order chi connectivity index (χ0) is 17.4. The van der Waals surface area contributed by atoms with Gasteiger partial charge in [-0.1, -0.05) is 0 Å². The first-order valence-electron chi connectivity index (χ1n) is 7.23. The molecule has 1 atom stereocenters. The van der Waals surface area contributed by atoms with Crippen molar-refractivity contribution in [2.45, 2.75) is 33.8 Å². The van der Waals surface area contributed by atoms with Crippen LogP contribution in [-0.4, -0.2) is 41.6 Å². The highest BCUT2D eigenvalue weighted by Gasteiger charge is 2.42. The van der Waals surface area contributed by atoms with Gasteiger partial charge < -0.3 is 14.7 Å². The van der Waals surface area contributed by atoms with Crippen molar-refractivity contribution in [2.24, 2.45) is 5.41 Å². The molecule has 0 saturated carbocycles. The van der Waals surface area contributed by atoms with Gasteiger partial charge in [-0.2, -0.15) is 8.78 Å². The number of aliphatic carboxylic acids is 1. The summed E-state index contributed by atoms with van der Waals surface area (Å²) in [6, 6.07) is 2.98. The topological polar surface area (TPSA) is 66.8 Å². The van der Waals surface area contributed by atoms with Crippen LogP contribution in [0.15, 0.2) is 12.1 Å². The van der Waals surface area contributed by atoms with Crippen LogP contribution in [0.25, 0.3) is 0 Å². The molecule has 1 aromatic rings. The van der Waals surface area contributed by atoms with E-state index >= 15 is 0 Å². The molecule has 126 valence electrons. The second-order valence-corrected chi connectivity index (χ2v) is 6.16. The number of alkyl halides is 2. The lowest BCUT2D eigenvalue weighted by atomic mass is 9.90. The first-order valence-corrected chi connectivity index (χ1v) is 7.23. The summed E-state index contributed by atoms with van der Waals surface area (Å²) >= 11 is 0. The fourth-order valence-corrected chi connectivity index (χ4v) is 2.84. The van der Waals surface area contributed by atoms with Gasteiger partial charge in [0.05, 0.1) is 5.41 Å². The highest BCUT2D eigenvalue weighted by atomic mass is 19.3. The zero-order valence-electron chi connectivity index (χ0n) is 13.2. The molecule has 0 radical (unpaired) electrons. The first-order chi connectivity index (χ1) is 10.6. The smallest absolute Gasteiger partial charge is 0.387 e. The number of carboxylic acid groups (broad SMARTS) is 1. The number of carbonyl (C=O) groups excluding carboxylic acids is 1. The Kier molecular flexibility index (Phi) is 4.58. The number of carbonyl (C=O) groups is 2. The van der Waals surface area contributed by atoms with Gasteiger partial charge in [0.25, 0.3) is 5.91 Å². The molecule has 0 bridgehead atoms. The molecule has 1 N–H and O–H groups in total. The number of rotatable bonds is 4. The summed E-state index contributed by atoms with van der Waals surface area (Å²) in [5, 5.41) is 9.23. The standard InChI is InChI=1S/C16H19F2NO4/c1-9-6-11(7-10(2)12(9)23-15(17)18)13(20)19-5-4-16(3,8-19)14(21)22/h6-7,15H,4-5,8H2,1-3H3,(H,21,22). The number of hydrogen-bond acceptors (Lipinski definition) is 3. The number of aryl methyl sites for hydroxylation is 2. The Labute approximate surface area is 132 Å². The molecule has 0 spiro atoms. The Morgan fingerprint density at radius 2 is 1.87 bits per heavy atom. The summed E-state index contributed by atoms with van der Waals surface area (Å²) in [5.74, 6) is -1.17. The predicted octanol–water partition coefficient (Wildman–Crippen LogP) is 2.84. The molecule has 1 heterocycles. The van der Waals surface area contributed by atoms with Crippen molar-refractivity contribution < 1.29 is 28.2 Å². The van der Waals surface area contributed by atoms with Gasteiger partial charge in [0.15, 0.2) is 0 Å². The van der Waals surface area contributed by atoms with E-state index in [2.05, 4.69) is 4.74 Å². The van der Waals surface area contributed by atoms with Gasteiger partial charge in [-0.15, -0.1) is 0 Å². The van der Waals surface area contributed by atoms with E-state index in [4.69, 9.17) is 0 Å². The second-order valence-electron chi connectivity index (χ2n) is 6.16. The molecule has 0 aliphatic carbocycles. The Morgan fingerprint density at radius 1 is 1.30 bits per heavy atom. The summed E-state index contributed by atoms with van der Waals surface area (Å²) in [6.45, 7) is 2.35. The van der Waals surface area contributed by atoms with Crippen molar-refractivity contribution in [3.8, 4) is 5.75 Å². The Morgan fingerprint density at radius 3 is 2.30 bits per heavy atom. The minimum Gasteiger partial charge on any atom is -0.481 e. The van der Waals surface area contributed by atoms with E-state index in [1.807, 2.05) is 0 Å². The third-order valence-electron chi connectivity index (χ3n) is 4.19. The van der Waals surface area contributed by atoms with E-state index in [-0.39, 0.29) is 18.2 Å². The Hall–Kier alpha value is -2.18. The molecule has 1 aliphatic heterocycles. The largest absolute Gasteiger partial charge is 0.481 e. The number of carboxylic acids is 1. The molecule has 5 nitrogen and oxygen atoms in total. The minimum absolute atomic E-state index is 0.0633. The molecular formula is C16H19F2NO4. The number of likely N-dealkylation sites (tertiary alicyclic amines) is 1. The molecule has 1 fully saturated rings. The van der Waals surface area contributed by atoms with Gasteiger partial charge in [-0.05, 0) is 50.5 Å². The van der Waals surface area contributed by atoms with E-state index in [0.717, 1.165) is 0 Å². The number of amides is 1. The molecule has 1 aromatic carbocycles. The van der Waals surface area contributed by atoms with Gasteiger partial charge >= 0.3 is 12.6 Å². The maximum Gasteiger partial charge on any atom is 0.387 e. The molecular weight excluding hydrogens is 308 g/mol. The lowest BCUT2D eigenvalue weighted by Gasteiger charge is -2.21. The third kappa shape index (κ3) is 3.43. The molecule has 1 amide bonds. The molecule has 1 aliphatic rings. The minimum atomic E-state index is -2.93. The number of ether oxygens (including phenoxy) is 1. The van der Waals surface area contributed by atoms with E-state index in [1.54, 1.807) is 20.8 Å². The lowest BCUT2D eigenvalue weighted by Crippen LogP contribution is -2.34. The van der Waals surface area contributed by atoms with Crippen molar-refractivity contribution in [3.05, 3.63) is 28.8 Å². The van der Waals surface area contributed by atoms with Crippen LogP contribution in [-0.2, 0) is 4.79 Å². The van der Waals surface area contributed by atoms with Crippen LogP contribution in [0, 0.1) is 19.3 Å². The van der Waals surface area contributed by atoms with Gasteiger partial charge in [-0.25, -0.2) is 0 Å². The van der Waals surface area contributed by atoms with E-state index in [9.17, 15) is 23.5 Å². The average Bonchev–Trinajstić information content (AvgIpc) is 2.85. The highest BCUT2D eigenvalue weighted by Crippen LogP contribution is 2.32. The van der Waals surface area contributed by atoms with Crippen molar-refractivity contribution in [1.82, 2.24) is 4.90 Å². The van der Waals surface area contributed by atoms with Gasteiger partial charge in [0.2, 0.25) is 0 Å². The van der Waals surface area contributed by atoms with Crippen LogP contribution in [0.4, 0.5) is 8.78 Å². The van der Waals surface area contributed by atoms with E-state index in [0.29, 0.717) is 29.7 Å². The quantitative estimate of drug-likeness (QED) is 0.923. The predicted molar refractivity (Wildman–Crippen MR) is 78.8 cm³/mol. The summed E-state index contributed by atoms with van der Waals surface area (Å²) in [5.41, 5.74) is 0.275. The molecule has 7 heteroatoms. The number of nitrogens with zero attached hydrogens (tertiary/aromatic N) is 1. The highest BCUT2D eigenvalue weighted by molar-refractivity contribution is 5.95. The SMILES string of the molecule is Cc1cc(C(=O)N2CCC(C)(C(=O)O)C2)cc(C)c1OC(F)F. The van der Waals surface area contributed by atoms with Crippen molar-refractivity contribution in [2.75, 3.05) is 13.1 Å². The summed E-state index contributed by atoms with van der Waals surface area (Å²) in [7, 11) is 0.